The van der Waals surface area contributed by atoms with Crippen molar-refractivity contribution in [1.82, 2.24) is 0 Å². The van der Waals surface area contributed by atoms with E-state index < -0.39 is 11.9 Å². The highest BCUT2D eigenvalue weighted by molar-refractivity contribution is 5.99. The highest BCUT2D eigenvalue weighted by Gasteiger charge is 2.20. The van der Waals surface area contributed by atoms with Crippen molar-refractivity contribution in [1.29, 1.82) is 5.26 Å². The van der Waals surface area contributed by atoms with E-state index in [2.05, 4.69) is 4.74 Å². The number of nitriles is 1. The normalized spacial score (nSPS) is 11.3. The molecule has 0 saturated carbocycles. The lowest BCUT2D eigenvalue weighted by Crippen LogP contribution is -2.15. The molecule has 0 saturated heterocycles. The third-order valence-corrected chi connectivity index (χ3v) is 2.40. The van der Waals surface area contributed by atoms with Crippen molar-refractivity contribution in [2.24, 2.45) is 5.92 Å². The molecule has 0 fully saturated rings. The second-order valence-electron chi connectivity index (χ2n) is 3.53. The zero-order valence-corrected chi connectivity index (χ0v) is 9.55. The molecule has 4 nitrogen and oxygen atoms in total. The summed E-state index contributed by atoms with van der Waals surface area (Å²) in [5, 5.41) is 8.92. The van der Waals surface area contributed by atoms with Crippen molar-refractivity contribution in [3.8, 4) is 6.07 Å². The molecule has 1 rings (SSSR count). The molecule has 1 atom stereocenters. The smallest absolute Gasteiger partial charge is 0.305 e. The maximum absolute atomic E-state index is 11.9. The number of nitrogens with zero attached hydrogens (tertiary/aromatic N) is 1. The number of carbonyl (C=O) groups is 2. The Morgan fingerprint density at radius 2 is 2.00 bits per heavy atom. The fourth-order valence-electron chi connectivity index (χ4n) is 1.42. The molecular formula is C13H13NO3. The van der Waals surface area contributed by atoms with E-state index in [1.165, 1.54) is 7.11 Å². The van der Waals surface area contributed by atoms with Crippen LogP contribution in [0, 0.1) is 17.2 Å². The summed E-state index contributed by atoms with van der Waals surface area (Å²) in [5.74, 6) is -1.46. The lowest BCUT2D eigenvalue weighted by molar-refractivity contribution is -0.140. The minimum Gasteiger partial charge on any atom is -0.469 e. The number of hydrogen-bond donors (Lipinski definition) is 0. The topological polar surface area (TPSA) is 67.2 Å². The van der Waals surface area contributed by atoms with Gasteiger partial charge < -0.3 is 4.74 Å². The van der Waals surface area contributed by atoms with Gasteiger partial charge in [-0.2, -0.15) is 5.26 Å². The van der Waals surface area contributed by atoms with E-state index in [1.807, 2.05) is 6.07 Å². The molecule has 0 heterocycles. The van der Waals surface area contributed by atoms with Gasteiger partial charge >= 0.3 is 5.97 Å². The lowest BCUT2D eigenvalue weighted by atomic mass is 9.95. The summed E-state index contributed by atoms with van der Waals surface area (Å²) >= 11 is 0. The van der Waals surface area contributed by atoms with Gasteiger partial charge in [0.2, 0.25) is 0 Å². The van der Waals surface area contributed by atoms with E-state index in [0.29, 0.717) is 5.56 Å². The summed E-state index contributed by atoms with van der Waals surface area (Å²) in [6, 6.07) is 10.5. The number of ether oxygens (including phenoxy) is 1. The molecule has 0 N–H and O–H groups in total. The SMILES string of the molecule is COC(=O)CCC(C#N)C(=O)c1ccccc1. The number of carbonyl (C=O) groups excluding carboxylic acids is 2. The van der Waals surface area contributed by atoms with E-state index in [1.54, 1.807) is 30.3 Å². The van der Waals surface area contributed by atoms with E-state index in [9.17, 15) is 9.59 Å². The zero-order chi connectivity index (χ0) is 12.7. The molecule has 0 radical (unpaired) electrons. The van der Waals surface area contributed by atoms with Crippen molar-refractivity contribution >= 4 is 11.8 Å². The minimum absolute atomic E-state index is 0.0767. The fraction of sp³-hybridized carbons (Fsp3) is 0.308. The Morgan fingerprint density at radius 1 is 1.35 bits per heavy atom. The van der Waals surface area contributed by atoms with Crippen LogP contribution in [0.4, 0.5) is 0 Å². The number of hydrogen-bond acceptors (Lipinski definition) is 4. The third-order valence-electron chi connectivity index (χ3n) is 2.40. The van der Waals surface area contributed by atoms with Crippen molar-refractivity contribution in [3.05, 3.63) is 35.9 Å². The van der Waals surface area contributed by atoms with Crippen molar-refractivity contribution in [2.75, 3.05) is 7.11 Å². The van der Waals surface area contributed by atoms with Gasteiger partial charge in [0.05, 0.1) is 13.2 Å². The molecule has 0 aliphatic rings. The molecule has 0 spiro atoms. The predicted molar refractivity (Wildman–Crippen MR) is 61.1 cm³/mol. The molecule has 0 aliphatic heterocycles. The van der Waals surface area contributed by atoms with Crippen LogP contribution in [0.5, 0.6) is 0 Å². The molecule has 88 valence electrons. The van der Waals surface area contributed by atoms with Gasteiger partial charge in [-0.05, 0) is 6.42 Å². The number of Topliss-reactive ketones (excluding diaryl/α,β-unsaturated/α-hetero) is 1. The van der Waals surface area contributed by atoms with Crippen molar-refractivity contribution in [3.63, 3.8) is 0 Å². The van der Waals surface area contributed by atoms with Crippen LogP contribution in [-0.4, -0.2) is 18.9 Å². The van der Waals surface area contributed by atoms with Gasteiger partial charge in [-0.25, -0.2) is 0 Å². The predicted octanol–water partition coefficient (Wildman–Crippen LogP) is 1.96. The summed E-state index contributed by atoms with van der Waals surface area (Å²) in [7, 11) is 1.28. The summed E-state index contributed by atoms with van der Waals surface area (Å²) in [4.78, 5) is 22.9. The minimum atomic E-state index is -0.795. The van der Waals surface area contributed by atoms with Crippen LogP contribution in [-0.2, 0) is 9.53 Å². The van der Waals surface area contributed by atoms with Crippen LogP contribution in [0.2, 0.25) is 0 Å². The summed E-state index contributed by atoms with van der Waals surface area (Å²) in [6.45, 7) is 0. The van der Waals surface area contributed by atoms with Gasteiger partial charge in [-0.3, -0.25) is 9.59 Å². The first-order valence-corrected chi connectivity index (χ1v) is 5.24. The first-order chi connectivity index (χ1) is 8.19. The monoisotopic (exact) mass is 231 g/mol. The first-order valence-electron chi connectivity index (χ1n) is 5.24. The average Bonchev–Trinajstić information content (AvgIpc) is 2.39. The molecule has 1 aromatic carbocycles. The molecule has 0 aromatic heterocycles. The standard InChI is InChI=1S/C13H13NO3/c1-17-12(15)8-7-11(9-14)13(16)10-5-3-2-4-6-10/h2-6,11H,7-8H2,1H3. The van der Waals surface area contributed by atoms with E-state index in [-0.39, 0.29) is 18.6 Å². The van der Waals surface area contributed by atoms with Gasteiger partial charge in [-0.15, -0.1) is 0 Å². The van der Waals surface area contributed by atoms with Crippen LogP contribution >= 0.6 is 0 Å². The largest absolute Gasteiger partial charge is 0.469 e. The lowest BCUT2D eigenvalue weighted by Gasteiger charge is -2.07. The second kappa shape index (κ2) is 6.44. The molecule has 0 aliphatic carbocycles. The number of methoxy groups -OCH3 is 1. The Kier molecular flexibility index (Phi) is 4.89. The van der Waals surface area contributed by atoms with Crippen LogP contribution in [0.25, 0.3) is 0 Å². The number of rotatable bonds is 5. The summed E-state index contributed by atoms with van der Waals surface area (Å²) in [6.07, 6.45) is 0.268. The average molecular weight is 231 g/mol. The quantitative estimate of drug-likeness (QED) is 0.574. The second-order valence-corrected chi connectivity index (χ2v) is 3.53. The number of ketones is 1. The van der Waals surface area contributed by atoms with Gasteiger partial charge in [0, 0.05) is 12.0 Å². The molecular weight excluding hydrogens is 218 g/mol. The van der Waals surface area contributed by atoms with E-state index >= 15 is 0 Å². The molecule has 17 heavy (non-hydrogen) atoms. The van der Waals surface area contributed by atoms with Crippen LogP contribution in [0.3, 0.4) is 0 Å². The van der Waals surface area contributed by atoms with Gasteiger partial charge in [0.15, 0.2) is 5.78 Å². The van der Waals surface area contributed by atoms with E-state index in [4.69, 9.17) is 5.26 Å². The Hall–Kier alpha value is -2.15. The summed E-state index contributed by atoms with van der Waals surface area (Å²) < 4.78 is 4.47. The first kappa shape index (κ1) is 12.9. The highest BCUT2D eigenvalue weighted by Crippen LogP contribution is 2.14. The number of benzene rings is 1. The maximum Gasteiger partial charge on any atom is 0.305 e. The highest BCUT2D eigenvalue weighted by atomic mass is 16.5. The molecule has 4 heteroatoms. The molecule has 0 amide bonds. The van der Waals surface area contributed by atoms with Gasteiger partial charge in [0.1, 0.15) is 5.92 Å². The molecule has 1 unspecified atom stereocenters. The Labute approximate surface area is 99.8 Å². The Balaban J connectivity index is 2.66. The van der Waals surface area contributed by atoms with Crippen LogP contribution in [0.15, 0.2) is 30.3 Å². The third kappa shape index (κ3) is 3.72. The van der Waals surface area contributed by atoms with E-state index in [0.717, 1.165) is 0 Å². The van der Waals surface area contributed by atoms with Crippen LogP contribution < -0.4 is 0 Å². The molecule has 0 bridgehead atoms. The Bertz CT molecular complexity index is 434. The van der Waals surface area contributed by atoms with Gasteiger partial charge in [0.25, 0.3) is 0 Å². The zero-order valence-electron chi connectivity index (χ0n) is 9.55. The number of esters is 1. The van der Waals surface area contributed by atoms with Gasteiger partial charge in [-0.1, -0.05) is 30.3 Å². The summed E-state index contributed by atoms with van der Waals surface area (Å²) in [5.41, 5.74) is 0.490. The Morgan fingerprint density at radius 3 is 2.53 bits per heavy atom. The van der Waals surface area contributed by atoms with Crippen molar-refractivity contribution < 1.29 is 14.3 Å². The fourth-order valence-corrected chi connectivity index (χ4v) is 1.42. The van der Waals surface area contributed by atoms with Crippen LogP contribution in [0.1, 0.15) is 23.2 Å². The molecule has 1 aromatic rings. The van der Waals surface area contributed by atoms with Crippen molar-refractivity contribution in [2.45, 2.75) is 12.8 Å². The maximum atomic E-state index is 11.9.